The maximum Gasteiger partial charge on any atom is 0.0679 e. The summed E-state index contributed by atoms with van der Waals surface area (Å²) in [6, 6.07) is 0. The molecule has 3 nitrogen and oxygen atoms in total. The van der Waals surface area contributed by atoms with E-state index < -0.39 is 0 Å². The van der Waals surface area contributed by atoms with Crippen LogP contribution in [0.5, 0.6) is 0 Å². The van der Waals surface area contributed by atoms with Crippen molar-refractivity contribution in [3.8, 4) is 0 Å². The molecule has 12 heavy (non-hydrogen) atoms. The second-order valence-electron chi connectivity index (χ2n) is 3.84. The van der Waals surface area contributed by atoms with E-state index in [9.17, 15) is 0 Å². The van der Waals surface area contributed by atoms with Crippen LogP contribution >= 0.6 is 0 Å². The average molecular weight is 171 g/mol. The van der Waals surface area contributed by atoms with Crippen LogP contribution in [0.15, 0.2) is 0 Å². The van der Waals surface area contributed by atoms with E-state index in [1.807, 2.05) is 0 Å². The molecule has 0 radical (unpaired) electrons. The molecule has 1 spiro atoms. The van der Waals surface area contributed by atoms with Crippen molar-refractivity contribution in [2.24, 2.45) is 17.1 Å². The SMILES string of the molecule is CO[C@@H]1[C@@H](CN)C12CCOCC2. The zero-order chi connectivity index (χ0) is 8.60. The van der Waals surface area contributed by atoms with Crippen LogP contribution in [0.25, 0.3) is 0 Å². The molecule has 0 aromatic heterocycles. The highest BCUT2D eigenvalue weighted by atomic mass is 16.5. The van der Waals surface area contributed by atoms with E-state index in [0.717, 1.165) is 32.6 Å². The van der Waals surface area contributed by atoms with Gasteiger partial charge in [0.2, 0.25) is 0 Å². The van der Waals surface area contributed by atoms with Gasteiger partial charge in [0.05, 0.1) is 6.10 Å². The van der Waals surface area contributed by atoms with Crippen LogP contribution in [-0.4, -0.2) is 33.0 Å². The second-order valence-corrected chi connectivity index (χ2v) is 3.84. The molecule has 1 saturated heterocycles. The molecular weight excluding hydrogens is 154 g/mol. The van der Waals surface area contributed by atoms with Crippen molar-refractivity contribution >= 4 is 0 Å². The monoisotopic (exact) mass is 171 g/mol. The Labute approximate surface area is 73.2 Å². The van der Waals surface area contributed by atoms with Crippen LogP contribution in [0, 0.1) is 11.3 Å². The van der Waals surface area contributed by atoms with Gasteiger partial charge >= 0.3 is 0 Å². The normalized spacial score (nSPS) is 38.5. The fraction of sp³-hybridized carbons (Fsp3) is 1.00. The number of hydrogen-bond donors (Lipinski definition) is 1. The second kappa shape index (κ2) is 2.98. The van der Waals surface area contributed by atoms with E-state index in [0.29, 0.717) is 17.4 Å². The van der Waals surface area contributed by atoms with Gasteiger partial charge in [-0.3, -0.25) is 0 Å². The minimum absolute atomic E-state index is 0.391. The van der Waals surface area contributed by atoms with Crippen molar-refractivity contribution in [2.75, 3.05) is 26.9 Å². The third-order valence-electron chi connectivity index (χ3n) is 3.49. The highest BCUT2D eigenvalue weighted by Gasteiger charge is 2.64. The zero-order valence-corrected chi connectivity index (χ0v) is 7.58. The van der Waals surface area contributed by atoms with Crippen molar-refractivity contribution in [3.05, 3.63) is 0 Å². The summed E-state index contributed by atoms with van der Waals surface area (Å²) >= 11 is 0. The zero-order valence-electron chi connectivity index (χ0n) is 7.58. The van der Waals surface area contributed by atoms with E-state index in [1.165, 1.54) is 0 Å². The van der Waals surface area contributed by atoms with E-state index in [4.69, 9.17) is 15.2 Å². The molecule has 0 unspecified atom stereocenters. The minimum Gasteiger partial charge on any atom is -0.381 e. The van der Waals surface area contributed by atoms with E-state index in [2.05, 4.69) is 0 Å². The maximum absolute atomic E-state index is 5.68. The lowest BCUT2D eigenvalue weighted by atomic mass is 9.93. The average Bonchev–Trinajstić information content (AvgIpc) is 2.73. The van der Waals surface area contributed by atoms with Crippen molar-refractivity contribution in [1.29, 1.82) is 0 Å². The predicted molar refractivity (Wildman–Crippen MR) is 45.8 cm³/mol. The molecule has 2 rings (SSSR count). The minimum atomic E-state index is 0.391. The Hall–Kier alpha value is -0.120. The summed E-state index contributed by atoms with van der Waals surface area (Å²) < 4.78 is 10.8. The van der Waals surface area contributed by atoms with Crippen LogP contribution in [0.1, 0.15) is 12.8 Å². The molecular formula is C9H17NO2. The topological polar surface area (TPSA) is 44.5 Å². The molecule has 0 aromatic carbocycles. The third kappa shape index (κ3) is 1.00. The Bertz CT molecular complexity index is 154. The Morgan fingerprint density at radius 3 is 2.58 bits per heavy atom. The number of methoxy groups -OCH3 is 1. The largest absolute Gasteiger partial charge is 0.381 e. The van der Waals surface area contributed by atoms with Gasteiger partial charge in [-0.15, -0.1) is 0 Å². The summed E-state index contributed by atoms with van der Waals surface area (Å²) in [5.74, 6) is 0.589. The van der Waals surface area contributed by atoms with Crippen molar-refractivity contribution in [1.82, 2.24) is 0 Å². The van der Waals surface area contributed by atoms with Gasteiger partial charge in [-0.2, -0.15) is 0 Å². The molecule has 2 atom stereocenters. The molecule has 0 bridgehead atoms. The van der Waals surface area contributed by atoms with Gasteiger partial charge in [-0.25, -0.2) is 0 Å². The molecule has 0 aromatic rings. The first-order chi connectivity index (χ1) is 5.85. The number of rotatable bonds is 2. The fourth-order valence-corrected chi connectivity index (χ4v) is 2.70. The van der Waals surface area contributed by atoms with Crippen molar-refractivity contribution in [2.45, 2.75) is 18.9 Å². The lowest BCUT2D eigenvalue weighted by Crippen LogP contribution is -2.22. The van der Waals surface area contributed by atoms with E-state index in [1.54, 1.807) is 7.11 Å². The van der Waals surface area contributed by atoms with Gasteiger partial charge in [0.15, 0.2) is 0 Å². The van der Waals surface area contributed by atoms with Gasteiger partial charge < -0.3 is 15.2 Å². The van der Waals surface area contributed by atoms with Crippen LogP contribution in [-0.2, 0) is 9.47 Å². The molecule has 1 aliphatic heterocycles. The molecule has 1 aliphatic carbocycles. The summed E-state index contributed by atoms with van der Waals surface area (Å²) in [7, 11) is 1.79. The highest BCUT2D eigenvalue weighted by molar-refractivity contribution is 5.13. The standard InChI is InChI=1S/C9H17NO2/c1-11-8-7(6-10)9(8)2-4-12-5-3-9/h7-8H,2-6,10H2,1H3/t7-,8-/m1/s1. The van der Waals surface area contributed by atoms with Crippen molar-refractivity contribution in [3.63, 3.8) is 0 Å². The highest BCUT2D eigenvalue weighted by Crippen LogP contribution is 2.60. The summed E-state index contributed by atoms with van der Waals surface area (Å²) in [4.78, 5) is 0. The van der Waals surface area contributed by atoms with E-state index in [-0.39, 0.29) is 0 Å². The molecule has 0 amide bonds. The third-order valence-corrected chi connectivity index (χ3v) is 3.49. The lowest BCUT2D eigenvalue weighted by Gasteiger charge is -2.22. The lowest BCUT2D eigenvalue weighted by molar-refractivity contribution is 0.0292. The van der Waals surface area contributed by atoms with Gasteiger partial charge in [0, 0.05) is 31.7 Å². The summed E-state index contributed by atoms with van der Waals surface area (Å²) in [6.07, 6.45) is 2.67. The Morgan fingerprint density at radius 2 is 2.17 bits per heavy atom. The van der Waals surface area contributed by atoms with Crippen molar-refractivity contribution < 1.29 is 9.47 Å². The Morgan fingerprint density at radius 1 is 1.50 bits per heavy atom. The van der Waals surface area contributed by atoms with Crippen LogP contribution in [0.3, 0.4) is 0 Å². The molecule has 2 fully saturated rings. The van der Waals surface area contributed by atoms with Crippen LogP contribution in [0.4, 0.5) is 0 Å². The van der Waals surface area contributed by atoms with Gasteiger partial charge in [0.1, 0.15) is 0 Å². The first-order valence-corrected chi connectivity index (χ1v) is 4.66. The first kappa shape index (κ1) is 8.48. The molecule has 2 N–H and O–H groups in total. The maximum atomic E-state index is 5.68. The Kier molecular flexibility index (Phi) is 2.10. The molecule has 3 heteroatoms. The van der Waals surface area contributed by atoms with Gasteiger partial charge in [-0.05, 0) is 19.4 Å². The summed E-state index contributed by atoms with van der Waals surface area (Å²) in [6.45, 7) is 2.53. The molecule has 1 heterocycles. The smallest absolute Gasteiger partial charge is 0.0679 e. The van der Waals surface area contributed by atoms with Crippen LogP contribution < -0.4 is 5.73 Å². The molecule has 70 valence electrons. The Balaban J connectivity index is 2.01. The number of ether oxygens (including phenoxy) is 2. The number of nitrogens with two attached hydrogens (primary N) is 1. The number of hydrogen-bond acceptors (Lipinski definition) is 3. The van der Waals surface area contributed by atoms with E-state index >= 15 is 0 Å². The van der Waals surface area contributed by atoms with Crippen LogP contribution in [0.2, 0.25) is 0 Å². The predicted octanol–water partition coefficient (Wildman–Crippen LogP) is 0.387. The quantitative estimate of drug-likeness (QED) is 0.653. The van der Waals surface area contributed by atoms with Gasteiger partial charge in [-0.1, -0.05) is 0 Å². The van der Waals surface area contributed by atoms with Gasteiger partial charge in [0.25, 0.3) is 0 Å². The summed E-state index contributed by atoms with van der Waals surface area (Å²) in [5, 5.41) is 0. The molecule has 2 aliphatic rings. The first-order valence-electron chi connectivity index (χ1n) is 4.66. The molecule has 1 saturated carbocycles. The summed E-state index contributed by atoms with van der Waals surface area (Å²) in [5.41, 5.74) is 6.08. The fourth-order valence-electron chi connectivity index (χ4n) is 2.70.